The van der Waals surface area contributed by atoms with Crippen molar-refractivity contribution in [2.75, 3.05) is 16.0 Å². The van der Waals surface area contributed by atoms with Gasteiger partial charge >= 0.3 is 0 Å². The largest absolute Gasteiger partial charge is 0.372 e. The van der Waals surface area contributed by atoms with Crippen LogP contribution in [0, 0.1) is 27.7 Å². The molecule has 0 fully saturated rings. The summed E-state index contributed by atoms with van der Waals surface area (Å²) in [7, 11) is 0. The van der Waals surface area contributed by atoms with Crippen molar-refractivity contribution in [3.8, 4) is 0 Å². The van der Waals surface area contributed by atoms with E-state index in [1.807, 2.05) is 58.0 Å². The number of benzene rings is 2. The van der Waals surface area contributed by atoms with Gasteiger partial charge in [0.25, 0.3) is 0 Å². The van der Waals surface area contributed by atoms with Crippen LogP contribution in [-0.2, 0) is 9.59 Å². The van der Waals surface area contributed by atoms with Crippen molar-refractivity contribution in [3.05, 3.63) is 52.6 Å². The Balaban J connectivity index is 1.71. The maximum atomic E-state index is 12.4. The van der Waals surface area contributed by atoms with Crippen molar-refractivity contribution in [1.29, 1.82) is 0 Å². The Morgan fingerprint density at radius 3 is 2.20 bits per heavy atom. The SMILES string of the molecule is Cc1cc(C)cc(NC(=O)CC2Nc3cc(C)c(C)cc3NC2=O)c1. The van der Waals surface area contributed by atoms with Crippen LogP contribution in [0.4, 0.5) is 17.1 Å². The molecule has 0 aromatic heterocycles. The molecule has 0 spiro atoms. The molecule has 25 heavy (non-hydrogen) atoms. The van der Waals surface area contributed by atoms with Gasteiger partial charge in [0.05, 0.1) is 17.8 Å². The summed E-state index contributed by atoms with van der Waals surface area (Å²) < 4.78 is 0. The van der Waals surface area contributed by atoms with Gasteiger partial charge in [-0.25, -0.2) is 0 Å². The maximum Gasteiger partial charge on any atom is 0.247 e. The summed E-state index contributed by atoms with van der Waals surface area (Å²) in [6, 6.07) is 9.25. The van der Waals surface area contributed by atoms with Crippen LogP contribution in [0.2, 0.25) is 0 Å². The van der Waals surface area contributed by atoms with Gasteiger partial charge in [-0.05, 0) is 74.2 Å². The van der Waals surface area contributed by atoms with Crippen molar-refractivity contribution < 1.29 is 9.59 Å². The highest BCUT2D eigenvalue weighted by atomic mass is 16.2. The second-order valence-electron chi connectivity index (χ2n) is 6.80. The van der Waals surface area contributed by atoms with Gasteiger partial charge in [0.2, 0.25) is 11.8 Å². The number of rotatable bonds is 3. The molecule has 3 N–H and O–H groups in total. The Labute approximate surface area is 147 Å². The molecule has 5 heteroatoms. The lowest BCUT2D eigenvalue weighted by Gasteiger charge is -2.27. The second-order valence-corrected chi connectivity index (χ2v) is 6.80. The third kappa shape index (κ3) is 3.82. The highest BCUT2D eigenvalue weighted by molar-refractivity contribution is 6.06. The quantitative estimate of drug-likeness (QED) is 0.800. The molecule has 0 aliphatic carbocycles. The maximum absolute atomic E-state index is 12.4. The molecule has 1 unspecified atom stereocenters. The van der Waals surface area contributed by atoms with Gasteiger partial charge in [0.1, 0.15) is 6.04 Å². The van der Waals surface area contributed by atoms with E-state index in [4.69, 9.17) is 0 Å². The Hall–Kier alpha value is -2.82. The van der Waals surface area contributed by atoms with Crippen molar-refractivity contribution in [3.63, 3.8) is 0 Å². The fourth-order valence-electron chi connectivity index (χ4n) is 3.10. The fraction of sp³-hybridized carbons (Fsp3) is 0.300. The molecule has 5 nitrogen and oxygen atoms in total. The summed E-state index contributed by atoms with van der Waals surface area (Å²) in [5, 5.41) is 8.94. The minimum Gasteiger partial charge on any atom is -0.372 e. The van der Waals surface area contributed by atoms with Crippen LogP contribution in [0.25, 0.3) is 0 Å². The third-order valence-electron chi connectivity index (χ3n) is 4.43. The molecule has 2 aromatic rings. The van der Waals surface area contributed by atoms with Crippen LogP contribution < -0.4 is 16.0 Å². The van der Waals surface area contributed by atoms with Crippen LogP contribution in [-0.4, -0.2) is 17.9 Å². The molecule has 130 valence electrons. The summed E-state index contributed by atoms with van der Waals surface area (Å²) in [6.07, 6.45) is 0.0746. The van der Waals surface area contributed by atoms with Crippen molar-refractivity contribution in [2.24, 2.45) is 0 Å². The lowest BCUT2D eigenvalue weighted by atomic mass is 10.0. The average molecular weight is 337 g/mol. The molecule has 1 heterocycles. The van der Waals surface area contributed by atoms with Crippen LogP contribution in [0.15, 0.2) is 30.3 Å². The van der Waals surface area contributed by atoms with Crippen LogP contribution in [0.3, 0.4) is 0 Å². The van der Waals surface area contributed by atoms with Crippen LogP contribution in [0.1, 0.15) is 28.7 Å². The summed E-state index contributed by atoms with van der Waals surface area (Å²) in [6.45, 7) is 8.00. The summed E-state index contributed by atoms with van der Waals surface area (Å²) >= 11 is 0. The number of nitrogens with one attached hydrogen (secondary N) is 3. The van der Waals surface area contributed by atoms with Crippen molar-refractivity contribution >= 4 is 28.9 Å². The van der Waals surface area contributed by atoms with E-state index in [1.165, 1.54) is 0 Å². The standard InChI is InChI=1S/C20H23N3O2/c1-11-5-12(2)7-15(6-11)21-19(24)10-18-20(25)23-17-9-14(4)13(3)8-16(17)22-18/h5-9,18,22H,10H2,1-4H3,(H,21,24)(H,23,25). The van der Waals surface area contributed by atoms with Gasteiger partial charge in [-0.1, -0.05) is 6.07 Å². The molecule has 0 radical (unpaired) electrons. The first-order valence-electron chi connectivity index (χ1n) is 8.38. The number of anilines is 3. The van der Waals surface area contributed by atoms with Gasteiger partial charge in [0.15, 0.2) is 0 Å². The molecule has 1 aliphatic heterocycles. The van der Waals surface area contributed by atoms with Crippen molar-refractivity contribution in [2.45, 2.75) is 40.2 Å². The van der Waals surface area contributed by atoms with E-state index < -0.39 is 6.04 Å². The lowest BCUT2D eigenvalue weighted by molar-refractivity contribution is -0.122. The van der Waals surface area contributed by atoms with Crippen LogP contribution >= 0.6 is 0 Å². The first-order valence-corrected chi connectivity index (χ1v) is 8.38. The second kappa shape index (κ2) is 6.59. The van der Waals surface area contributed by atoms with Gasteiger partial charge in [-0.15, -0.1) is 0 Å². The molecular weight excluding hydrogens is 314 g/mol. The van der Waals surface area contributed by atoms with E-state index in [9.17, 15) is 9.59 Å². The average Bonchev–Trinajstić information content (AvgIpc) is 2.49. The number of carbonyl (C=O) groups excluding carboxylic acids is 2. The van der Waals surface area contributed by atoms with Gasteiger partial charge in [-0.3, -0.25) is 9.59 Å². The van der Waals surface area contributed by atoms with Gasteiger partial charge in [-0.2, -0.15) is 0 Å². The van der Waals surface area contributed by atoms with E-state index in [-0.39, 0.29) is 18.2 Å². The highest BCUT2D eigenvalue weighted by Gasteiger charge is 2.28. The van der Waals surface area contributed by atoms with Gasteiger partial charge < -0.3 is 16.0 Å². The molecule has 0 bridgehead atoms. The Kier molecular flexibility index (Phi) is 4.49. The number of amides is 2. The zero-order valence-corrected chi connectivity index (χ0v) is 15.0. The zero-order chi connectivity index (χ0) is 18.1. The molecule has 2 amide bonds. The Morgan fingerprint density at radius 1 is 0.960 bits per heavy atom. The topological polar surface area (TPSA) is 70.2 Å². The molecule has 0 saturated heterocycles. The smallest absolute Gasteiger partial charge is 0.247 e. The fourth-order valence-corrected chi connectivity index (χ4v) is 3.10. The zero-order valence-electron chi connectivity index (χ0n) is 15.0. The third-order valence-corrected chi connectivity index (χ3v) is 4.43. The van der Waals surface area contributed by atoms with E-state index in [0.29, 0.717) is 0 Å². The Morgan fingerprint density at radius 2 is 1.56 bits per heavy atom. The predicted molar refractivity (Wildman–Crippen MR) is 101 cm³/mol. The number of fused-ring (bicyclic) bond motifs is 1. The summed E-state index contributed by atoms with van der Waals surface area (Å²) in [5.41, 5.74) is 6.80. The number of aryl methyl sites for hydroxylation is 4. The van der Waals surface area contributed by atoms with E-state index >= 15 is 0 Å². The summed E-state index contributed by atoms with van der Waals surface area (Å²) in [5.74, 6) is -0.378. The molecular formula is C20H23N3O2. The van der Waals surface area contributed by atoms with Crippen LogP contribution in [0.5, 0.6) is 0 Å². The molecule has 0 saturated carbocycles. The van der Waals surface area contributed by atoms with E-state index in [2.05, 4.69) is 16.0 Å². The number of hydrogen-bond donors (Lipinski definition) is 3. The first-order chi connectivity index (χ1) is 11.8. The van der Waals surface area contributed by atoms with Crippen molar-refractivity contribution in [1.82, 2.24) is 0 Å². The number of hydrogen-bond acceptors (Lipinski definition) is 3. The monoisotopic (exact) mass is 337 g/mol. The van der Waals surface area contributed by atoms with Gasteiger partial charge in [0, 0.05) is 5.69 Å². The minimum absolute atomic E-state index is 0.0746. The number of carbonyl (C=O) groups is 2. The Bertz CT molecular complexity index is 838. The normalized spacial score (nSPS) is 15.8. The highest BCUT2D eigenvalue weighted by Crippen LogP contribution is 2.30. The van der Waals surface area contributed by atoms with E-state index in [1.54, 1.807) is 0 Å². The van der Waals surface area contributed by atoms with E-state index in [0.717, 1.165) is 39.3 Å². The molecule has 1 aliphatic rings. The lowest BCUT2D eigenvalue weighted by Crippen LogP contribution is -2.41. The molecule has 1 atom stereocenters. The molecule has 3 rings (SSSR count). The minimum atomic E-state index is -0.583. The summed E-state index contributed by atoms with van der Waals surface area (Å²) in [4.78, 5) is 24.6. The predicted octanol–water partition coefficient (Wildman–Crippen LogP) is 3.68. The first kappa shape index (κ1) is 17.0. The molecule has 2 aromatic carbocycles.